The summed E-state index contributed by atoms with van der Waals surface area (Å²) in [7, 11) is 1.00. The molecule has 0 heterocycles. The SMILES string of the molecule is CC(C)(O)COC(C)(C)COc1ccc(C=O)cc1.CO. The quantitative estimate of drug-likeness (QED) is 0.754. The van der Waals surface area contributed by atoms with E-state index >= 15 is 0 Å². The zero-order valence-corrected chi connectivity index (χ0v) is 13.4. The highest BCUT2D eigenvalue weighted by Crippen LogP contribution is 2.17. The largest absolute Gasteiger partial charge is 0.491 e. The normalized spacial score (nSPS) is 11.4. The number of hydrogen-bond donors (Lipinski definition) is 2. The number of rotatable bonds is 7. The van der Waals surface area contributed by atoms with Crippen LogP contribution in [0.1, 0.15) is 38.1 Å². The van der Waals surface area contributed by atoms with Crippen LogP contribution in [-0.4, -0.2) is 48.0 Å². The van der Waals surface area contributed by atoms with E-state index in [0.717, 1.165) is 13.4 Å². The Morgan fingerprint density at radius 2 is 1.57 bits per heavy atom. The van der Waals surface area contributed by atoms with Crippen LogP contribution in [0, 0.1) is 0 Å². The van der Waals surface area contributed by atoms with Gasteiger partial charge in [0.15, 0.2) is 0 Å². The van der Waals surface area contributed by atoms with E-state index < -0.39 is 11.2 Å². The van der Waals surface area contributed by atoms with E-state index in [2.05, 4.69) is 0 Å². The maximum Gasteiger partial charge on any atom is 0.150 e. The zero-order valence-electron chi connectivity index (χ0n) is 13.4. The highest BCUT2D eigenvalue weighted by atomic mass is 16.5. The zero-order chi connectivity index (χ0) is 16.5. The third kappa shape index (κ3) is 9.18. The van der Waals surface area contributed by atoms with Crippen molar-refractivity contribution in [1.29, 1.82) is 0 Å². The van der Waals surface area contributed by atoms with Gasteiger partial charge in [-0.25, -0.2) is 0 Å². The molecule has 0 aliphatic heterocycles. The second-order valence-corrected chi connectivity index (χ2v) is 5.84. The molecule has 1 rings (SSSR count). The van der Waals surface area contributed by atoms with Crippen LogP contribution in [0.15, 0.2) is 24.3 Å². The first-order chi connectivity index (χ1) is 9.72. The van der Waals surface area contributed by atoms with Crippen LogP contribution in [0.3, 0.4) is 0 Å². The fraction of sp³-hybridized carbons (Fsp3) is 0.562. The van der Waals surface area contributed by atoms with Gasteiger partial charge in [-0.1, -0.05) is 0 Å². The minimum atomic E-state index is -0.858. The average Bonchev–Trinajstić information content (AvgIpc) is 2.45. The minimum Gasteiger partial charge on any atom is -0.491 e. The van der Waals surface area contributed by atoms with Gasteiger partial charge >= 0.3 is 0 Å². The van der Waals surface area contributed by atoms with Crippen molar-refractivity contribution >= 4 is 6.29 Å². The molecular formula is C16H26O5. The molecule has 120 valence electrons. The van der Waals surface area contributed by atoms with Crippen LogP contribution in [-0.2, 0) is 4.74 Å². The molecule has 0 saturated heterocycles. The van der Waals surface area contributed by atoms with Crippen LogP contribution in [0.25, 0.3) is 0 Å². The molecule has 0 atom stereocenters. The first-order valence-electron chi connectivity index (χ1n) is 6.71. The van der Waals surface area contributed by atoms with Crippen molar-refractivity contribution in [2.75, 3.05) is 20.3 Å². The third-order valence-electron chi connectivity index (χ3n) is 2.42. The molecule has 0 aromatic heterocycles. The van der Waals surface area contributed by atoms with Crippen molar-refractivity contribution in [2.24, 2.45) is 0 Å². The lowest BCUT2D eigenvalue weighted by molar-refractivity contribution is -0.105. The summed E-state index contributed by atoms with van der Waals surface area (Å²) >= 11 is 0. The molecule has 0 spiro atoms. The molecule has 0 radical (unpaired) electrons. The van der Waals surface area contributed by atoms with Crippen molar-refractivity contribution in [3.8, 4) is 5.75 Å². The topological polar surface area (TPSA) is 76.0 Å². The number of hydrogen-bond acceptors (Lipinski definition) is 5. The van der Waals surface area contributed by atoms with Crippen molar-refractivity contribution in [3.63, 3.8) is 0 Å². The van der Waals surface area contributed by atoms with Crippen LogP contribution in [0.5, 0.6) is 5.75 Å². The van der Waals surface area contributed by atoms with Gasteiger partial charge in [0.2, 0.25) is 0 Å². The summed E-state index contributed by atoms with van der Waals surface area (Å²) in [6, 6.07) is 6.89. The number of benzene rings is 1. The Morgan fingerprint density at radius 1 is 1.05 bits per heavy atom. The van der Waals surface area contributed by atoms with Gasteiger partial charge in [-0.2, -0.15) is 0 Å². The van der Waals surface area contributed by atoms with Crippen LogP contribution >= 0.6 is 0 Å². The molecule has 5 heteroatoms. The number of aldehydes is 1. The monoisotopic (exact) mass is 298 g/mol. The summed E-state index contributed by atoms with van der Waals surface area (Å²) in [5, 5.41) is 16.6. The fourth-order valence-corrected chi connectivity index (χ4v) is 1.31. The molecule has 1 aromatic rings. The number of carbonyl (C=O) groups is 1. The van der Waals surface area contributed by atoms with E-state index in [1.165, 1.54) is 0 Å². The average molecular weight is 298 g/mol. The summed E-state index contributed by atoms with van der Waals surface area (Å²) < 4.78 is 11.2. The predicted octanol–water partition coefficient (Wildman–Crippen LogP) is 2.05. The maximum absolute atomic E-state index is 10.5. The van der Waals surface area contributed by atoms with Gasteiger partial charge in [0.25, 0.3) is 0 Å². The summed E-state index contributed by atoms with van der Waals surface area (Å²) in [5.41, 5.74) is -0.739. The minimum absolute atomic E-state index is 0.243. The third-order valence-corrected chi connectivity index (χ3v) is 2.42. The summed E-state index contributed by atoms with van der Waals surface area (Å²) in [4.78, 5) is 10.5. The Kier molecular flexibility index (Phi) is 8.17. The van der Waals surface area contributed by atoms with E-state index in [-0.39, 0.29) is 6.61 Å². The number of aliphatic hydroxyl groups is 2. The number of ether oxygens (including phenoxy) is 2. The van der Waals surface area contributed by atoms with Gasteiger partial charge in [0.05, 0.1) is 17.8 Å². The van der Waals surface area contributed by atoms with Crippen LogP contribution in [0.4, 0.5) is 0 Å². The highest BCUT2D eigenvalue weighted by Gasteiger charge is 2.24. The van der Waals surface area contributed by atoms with Gasteiger partial charge in [0, 0.05) is 12.7 Å². The van der Waals surface area contributed by atoms with E-state index in [1.54, 1.807) is 38.1 Å². The van der Waals surface area contributed by atoms with Gasteiger partial charge < -0.3 is 19.7 Å². The predicted molar refractivity (Wildman–Crippen MR) is 81.8 cm³/mol. The molecule has 0 bridgehead atoms. The standard InChI is InChI=1S/C15H22O4.CH4O/c1-14(2,17)10-19-15(3,4)11-18-13-7-5-12(9-16)6-8-13;1-2/h5-9,17H,10-11H2,1-4H3;2H,1H3. The van der Waals surface area contributed by atoms with E-state index in [9.17, 15) is 9.90 Å². The summed E-state index contributed by atoms with van der Waals surface area (Å²) in [6.07, 6.45) is 0.792. The van der Waals surface area contributed by atoms with E-state index in [4.69, 9.17) is 14.6 Å². The van der Waals surface area contributed by atoms with Crippen LogP contribution in [0.2, 0.25) is 0 Å². The maximum atomic E-state index is 10.5. The number of aliphatic hydroxyl groups excluding tert-OH is 1. The lowest BCUT2D eigenvalue weighted by atomic mass is 10.1. The smallest absolute Gasteiger partial charge is 0.150 e. The van der Waals surface area contributed by atoms with Crippen molar-refractivity contribution in [1.82, 2.24) is 0 Å². The Bertz CT molecular complexity index is 404. The molecule has 5 nitrogen and oxygen atoms in total. The van der Waals surface area contributed by atoms with Crippen molar-refractivity contribution in [2.45, 2.75) is 38.9 Å². The number of carbonyl (C=O) groups excluding carboxylic acids is 1. The van der Waals surface area contributed by atoms with Crippen LogP contribution < -0.4 is 4.74 Å². The molecule has 1 aromatic carbocycles. The van der Waals surface area contributed by atoms with Gasteiger partial charge in [0.1, 0.15) is 18.6 Å². The van der Waals surface area contributed by atoms with Crippen molar-refractivity contribution in [3.05, 3.63) is 29.8 Å². The summed E-state index contributed by atoms with van der Waals surface area (Å²) in [6.45, 7) is 7.80. The Morgan fingerprint density at radius 3 is 2.00 bits per heavy atom. The Balaban J connectivity index is 0.00000191. The second-order valence-electron chi connectivity index (χ2n) is 5.84. The Hall–Kier alpha value is -1.43. The first kappa shape index (κ1) is 19.6. The van der Waals surface area contributed by atoms with Gasteiger partial charge in [-0.3, -0.25) is 4.79 Å². The fourth-order valence-electron chi connectivity index (χ4n) is 1.31. The lowest BCUT2D eigenvalue weighted by Crippen LogP contribution is -2.38. The second kappa shape index (κ2) is 8.77. The van der Waals surface area contributed by atoms with Crippen molar-refractivity contribution < 1.29 is 24.5 Å². The molecule has 21 heavy (non-hydrogen) atoms. The summed E-state index contributed by atoms with van der Waals surface area (Å²) in [5.74, 6) is 0.686. The molecule has 0 aliphatic carbocycles. The molecule has 0 aliphatic rings. The molecule has 2 N–H and O–H groups in total. The molecule has 0 amide bonds. The van der Waals surface area contributed by atoms with Gasteiger partial charge in [-0.15, -0.1) is 0 Å². The Labute approximate surface area is 126 Å². The van der Waals surface area contributed by atoms with E-state index in [0.29, 0.717) is 17.9 Å². The highest BCUT2D eigenvalue weighted by molar-refractivity contribution is 5.74. The van der Waals surface area contributed by atoms with E-state index in [1.807, 2.05) is 13.8 Å². The first-order valence-corrected chi connectivity index (χ1v) is 6.71. The van der Waals surface area contributed by atoms with Gasteiger partial charge in [-0.05, 0) is 52.0 Å². The molecule has 0 saturated carbocycles. The molecule has 0 unspecified atom stereocenters. The molecule has 0 fully saturated rings. The molecular weight excluding hydrogens is 272 g/mol. The lowest BCUT2D eigenvalue weighted by Gasteiger charge is -2.29.